The SMILES string of the molecule is CN(C)CCNC(=O)c1cccc(Br)c1F. The van der Waals surface area contributed by atoms with Crippen molar-refractivity contribution in [3.05, 3.63) is 34.1 Å². The Morgan fingerprint density at radius 2 is 2.19 bits per heavy atom. The van der Waals surface area contributed by atoms with Gasteiger partial charge >= 0.3 is 0 Å². The minimum absolute atomic E-state index is 0.0631. The van der Waals surface area contributed by atoms with Gasteiger partial charge in [-0.1, -0.05) is 6.07 Å². The molecule has 1 aromatic rings. The van der Waals surface area contributed by atoms with Crippen LogP contribution in [0.15, 0.2) is 22.7 Å². The maximum Gasteiger partial charge on any atom is 0.254 e. The van der Waals surface area contributed by atoms with Crippen molar-refractivity contribution in [3.8, 4) is 0 Å². The number of benzene rings is 1. The van der Waals surface area contributed by atoms with Crippen LogP contribution in [0.4, 0.5) is 4.39 Å². The molecule has 1 rings (SSSR count). The van der Waals surface area contributed by atoms with Crippen molar-refractivity contribution in [1.29, 1.82) is 0 Å². The van der Waals surface area contributed by atoms with E-state index in [9.17, 15) is 9.18 Å². The zero-order valence-corrected chi connectivity index (χ0v) is 10.8. The van der Waals surface area contributed by atoms with Gasteiger partial charge < -0.3 is 10.2 Å². The van der Waals surface area contributed by atoms with Crippen LogP contribution in [-0.4, -0.2) is 38.0 Å². The van der Waals surface area contributed by atoms with Gasteiger partial charge in [0.2, 0.25) is 0 Å². The van der Waals surface area contributed by atoms with Crippen LogP contribution in [0.2, 0.25) is 0 Å². The molecule has 5 heteroatoms. The number of hydrogen-bond donors (Lipinski definition) is 1. The fraction of sp³-hybridized carbons (Fsp3) is 0.364. The first-order chi connectivity index (χ1) is 7.52. The van der Waals surface area contributed by atoms with Crippen LogP contribution in [0.25, 0.3) is 0 Å². The van der Waals surface area contributed by atoms with Crippen molar-refractivity contribution in [3.63, 3.8) is 0 Å². The summed E-state index contributed by atoms with van der Waals surface area (Å²) < 4.78 is 13.8. The first-order valence-corrected chi connectivity index (χ1v) is 5.68. The predicted octanol–water partition coefficient (Wildman–Crippen LogP) is 1.88. The molecule has 0 fully saturated rings. The smallest absolute Gasteiger partial charge is 0.254 e. The lowest BCUT2D eigenvalue weighted by molar-refractivity contribution is 0.0947. The van der Waals surface area contributed by atoms with Crippen LogP contribution in [-0.2, 0) is 0 Å². The average molecular weight is 289 g/mol. The molecule has 0 heterocycles. The fourth-order valence-corrected chi connectivity index (χ4v) is 1.53. The van der Waals surface area contributed by atoms with E-state index < -0.39 is 5.82 Å². The van der Waals surface area contributed by atoms with Crippen LogP contribution in [0, 0.1) is 5.82 Å². The van der Waals surface area contributed by atoms with Crippen molar-refractivity contribution < 1.29 is 9.18 Å². The van der Waals surface area contributed by atoms with Gasteiger partial charge in [0.25, 0.3) is 5.91 Å². The Morgan fingerprint density at radius 1 is 1.50 bits per heavy atom. The Labute approximate surface area is 103 Å². The van der Waals surface area contributed by atoms with Gasteiger partial charge in [0.05, 0.1) is 10.0 Å². The third kappa shape index (κ3) is 3.57. The van der Waals surface area contributed by atoms with E-state index in [0.717, 1.165) is 6.54 Å². The summed E-state index contributed by atoms with van der Waals surface area (Å²) in [4.78, 5) is 13.6. The quantitative estimate of drug-likeness (QED) is 0.918. The molecule has 0 saturated carbocycles. The van der Waals surface area contributed by atoms with Gasteiger partial charge in [0.1, 0.15) is 5.82 Å². The summed E-state index contributed by atoms with van der Waals surface area (Å²) in [5.74, 6) is -0.912. The Hall–Kier alpha value is -0.940. The molecule has 16 heavy (non-hydrogen) atoms. The molecule has 88 valence electrons. The average Bonchev–Trinajstić information content (AvgIpc) is 2.21. The third-order valence-electron chi connectivity index (χ3n) is 2.04. The molecule has 0 radical (unpaired) electrons. The predicted molar refractivity (Wildman–Crippen MR) is 65.0 cm³/mol. The standard InChI is InChI=1S/C11H14BrFN2O/c1-15(2)7-6-14-11(16)8-4-3-5-9(12)10(8)13/h3-5H,6-7H2,1-2H3,(H,14,16). The molecule has 1 N–H and O–H groups in total. The highest BCUT2D eigenvalue weighted by Gasteiger charge is 2.12. The molecular weight excluding hydrogens is 275 g/mol. The minimum Gasteiger partial charge on any atom is -0.351 e. The molecule has 0 saturated heterocycles. The number of rotatable bonds is 4. The van der Waals surface area contributed by atoms with Crippen LogP contribution in [0.1, 0.15) is 10.4 Å². The van der Waals surface area contributed by atoms with Crippen LogP contribution in [0.5, 0.6) is 0 Å². The number of likely N-dealkylation sites (N-methyl/N-ethyl adjacent to an activating group) is 1. The van der Waals surface area contributed by atoms with E-state index in [4.69, 9.17) is 0 Å². The number of amides is 1. The summed E-state index contributed by atoms with van der Waals surface area (Å²) in [6.45, 7) is 1.22. The molecule has 0 atom stereocenters. The zero-order valence-electron chi connectivity index (χ0n) is 9.26. The Bertz CT molecular complexity index is 382. The Morgan fingerprint density at radius 3 is 2.81 bits per heavy atom. The summed E-state index contributed by atoms with van der Waals surface area (Å²) in [5, 5.41) is 2.66. The normalized spacial score (nSPS) is 10.6. The van der Waals surface area contributed by atoms with Crippen LogP contribution >= 0.6 is 15.9 Å². The summed E-state index contributed by atoms with van der Waals surface area (Å²) in [6, 6.07) is 4.66. The van der Waals surface area contributed by atoms with E-state index in [0.29, 0.717) is 11.0 Å². The van der Waals surface area contributed by atoms with E-state index >= 15 is 0 Å². The first-order valence-electron chi connectivity index (χ1n) is 4.89. The number of nitrogens with one attached hydrogen (secondary N) is 1. The lowest BCUT2D eigenvalue weighted by Gasteiger charge is -2.10. The van der Waals surface area contributed by atoms with Crippen molar-refractivity contribution in [2.24, 2.45) is 0 Å². The van der Waals surface area contributed by atoms with Gasteiger partial charge in [-0.25, -0.2) is 4.39 Å². The van der Waals surface area contributed by atoms with E-state index in [1.165, 1.54) is 6.07 Å². The van der Waals surface area contributed by atoms with Gasteiger partial charge in [-0.05, 0) is 42.2 Å². The number of carbonyl (C=O) groups excluding carboxylic acids is 1. The number of carbonyl (C=O) groups is 1. The topological polar surface area (TPSA) is 32.3 Å². The number of nitrogens with zero attached hydrogens (tertiary/aromatic N) is 1. The van der Waals surface area contributed by atoms with Gasteiger partial charge in [-0.3, -0.25) is 4.79 Å². The molecule has 0 unspecified atom stereocenters. The van der Waals surface area contributed by atoms with Crippen molar-refractivity contribution in [2.45, 2.75) is 0 Å². The van der Waals surface area contributed by atoms with Gasteiger partial charge in [-0.2, -0.15) is 0 Å². The second-order valence-electron chi connectivity index (χ2n) is 3.66. The molecule has 0 bridgehead atoms. The zero-order chi connectivity index (χ0) is 12.1. The number of halogens is 2. The molecule has 0 aliphatic carbocycles. The lowest BCUT2D eigenvalue weighted by Crippen LogP contribution is -2.31. The molecule has 0 aliphatic heterocycles. The van der Waals surface area contributed by atoms with Crippen LogP contribution < -0.4 is 5.32 Å². The lowest BCUT2D eigenvalue weighted by atomic mass is 10.2. The van der Waals surface area contributed by atoms with E-state index in [2.05, 4.69) is 21.2 Å². The maximum atomic E-state index is 13.5. The monoisotopic (exact) mass is 288 g/mol. The molecular formula is C11H14BrFN2O. The second-order valence-corrected chi connectivity index (χ2v) is 4.51. The van der Waals surface area contributed by atoms with Gasteiger partial charge in [0, 0.05) is 13.1 Å². The largest absolute Gasteiger partial charge is 0.351 e. The van der Waals surface area contributed by atoms with Gasteiger partial charge in [0.15, 0.2) is 0 Å². The first kappa shape index (κ1) is 13.1. The Balaban J connectivity index is 2.63. The Kier molecular flexibility index (Phi) is 4.89. The summed E-state index contributed by atoms with van der Waals surface area (Å²) in [5.41, 5.74) is 0.0631. The van der Waals surface area contributed by atoms with Crippen molar-refractivity contribution in [2.75, 3.05) is 27.2 Å². The van der Waals surface area contributed by atoms with Crippen molar-refractivity contribution in [1.82, 2.24) is 10.2 Å². The van der Waals surface area contributed by atoms with Gasteiger partial charge in [-0.15, -0.1) is 0 Å². The molecule has 0 spiro atoms. The highest BCUT2D eigenvalue weighted by atomic mass is 79.9. The fourth-order valence-electron chi connectivity index (χ4n) is 1.17. The summed E-state index contributed by atoms with van der Waals surface area (Å²) in [7, 11) is 3.82. The van der Waals surface area contributed by atoms with Crippen molar-refractivity contribution >= 4 is 21.8 Å². The van der Waals surface area contributed by atoms with Crippen LogP contribution in [0.3, 0.4) is 0 Å². The summed E-state index contributed by atoms with van der Waals surface area (Å²) in [6.07, 6.45) is 0. The highest BCUT2D eigenvalue weighted by Crippen LogP contribution is 2.18. The molecule has 1 aromatic carbocycles. The summed E-state index contributed by atoms with van der Waals surface area (Å²) >= 11 is 3.04. The minimum atomic E-state index is -0.523. The molecule has 1 amide bonds. The number of hydrogen-bond acceptors (Lipinski definition) is 2. The molecule has 3 nitrogen and oxygen atoms in total. The molecule has 0 aromatic heterocycles. The maximum absolute atomic E-state index is 13.5. The van der Waals surface area contributed by atoms with E-state index in [-0.39, 0.29) is 11.5 Å². The highest BCUT2D eigenvalue weighted by molar-refractivity contribution is 9.10. The van der Waals surface area contributed by atoms with E-state index in [1.807, 2.05) is 19.0 Å². The third-order valence-corrected chi connectivity index (χ3v) is 2.65. The van der Waals surface area contributed by atoms with E-state index in [1.54, 1.807) is 12.1 Å². The second kappa shape index (κ2) is 5.96. The molecule has 0 aliphatic rings.